The second-order valence-electron chi connectivity index (χ2n) is 6.67. The molecule has 2 rings (SSSR count). The first-order valence-corrected chi connectivity index (χ1v) is 9.84. The van der Waals surface area contributed by atoms with E-state index in [1.165, 1.54) is 0 Å². The van der Waals surface area contributed by atoms with Crippen LogP contribution < -0.4 is 0 Å². The molecule has 0 saturated carbocycles. The molecule has 0 aromatic heterocycles. The van der Waals surface area contributed by atoms with Crippen LogP contribution in [-0.4, -0.2) is 24.2 Å². The third-order valence-electron chi connectivity index (χ3n) is 4.43. The van der Waals surface area contributed by atoms with Crippen LogP contribution >= 0.6 is 31.9 Å². The van der Waals surface area contributed by atoms with Crippen LogP contribution in [0, 0.1) is 0 Å². The molecule has 16 heteroatoms. The average Bonchev–Trinajstić information content (AvgIpc) is 2.66. The summed E-state index contributed by atoms with van der Waals surface area (Å²) in [5, 5.41) is 0. The van der Waals surface area contributed by atoms with Gasteiger partial charge in [0.05, 0.1) is 0 Å². The van der Waals surface area contributed by atoms with E-state index in [2.05, 4.69) is 31.9 Å². The van der Waals surface area contributed by atoms with Crippen molar-refractivity contribution in [1.82, 2.24) is 0 Å². The highest BCUT2D eigenvalue weighted by Gasteiger charge is 2.75. The molecule has 0 aliphatic carbocycles. The van der Waals surface area contributed by atoms with Gasteiger partial charge in [-0.1, -0.05) is 44.0 Å². The molecular formula is C18H6Br2F14. The van der Waals surface area contributed by atoms with Crippen LogP contribution in [0.25, 0.3) is 11.1 Å². The lowest BCUT2D eigenvalue weighted by Crippen LogP contribution is -2.50. The zero-order valence-electron chi connectivity index (χ0n) is 15.5. The van der Waals surface area contributed by atoms with E-state index in [1.807, 2.05) is 0 Å². The third-order valence-corrected chi connectivity index (χ3v) is 5.42. The van der Waals surface area contributed by atoms with Gasteiger partial charge in [-0.3, -0.25) is 0 Å². The van der Waals surface area contributed by atoms with E-state index in [-0.39, 0.29) is 24.3 Å². The molecule has 0 saturated heterocycles. The molecule has 2 aromatic carbocycles. The van der Waals surface area contributed by atoms with Crippen molar-refractivity contribution in [3.8, 4) is 11.1 Å². The first-order valence-electron chi connectivity index (χ1n) is 8.25. The van der Waals surface area contributed by atoms with Crippen molar-refractivity contribution >= 4 is 31.9 Å². The summed E-state index contributed by atoms with van der Waals surface area (Å²) in [4.78, 5) is 0. The highest BCUT2D eigenvalue weighted by molar-refractivity contribution is 9.10. The third kappa shape index (κ3) is 4.51. The van der Waals surface area contributed by atoms with Crippen LogP contribution in [0.15, 0.2) is 45.3 Å². The zero-order chi connectivity index (χ0) is 26.7. The number of halogens is 16. The summed E-state index contributed by atoms with van der Waals surface area (Å²) in [5.41, 5.74) is -7.67. The van der Waals surface area contributed by atoms with Crippen LogP contribution in [0.4, 0.5) is 61.5 Å². The first-order chi connectivity index (χ1) is 15.0. The normalized spacial score (nSPS) is 14.5. The molecule has 0 amide bonds. The first kappa shape index (κ1) is 28.7. The molecule has 0 aliphatic rings. The smallest absolute Gasteiger partial charge is 0.194 e. The Labute approximate surface area is 197 Å². The van der Waals surface area contributed by atoms with Gasteiger partial charge in [0, 0.05) is 20.1 Å². The van der Waals surface area contributed by atoms with Crippen molar-refractivity contribution in [3.63, 3.8) is 0 Å². The molecule has 0 spiro atoms. The average molecular weight is 648 g/mol. The van der Waals surface area contributed by atoms with Gasteiger partial charge in [-0.05, 0) is 35.4 Å². The molecule has 34 heavy (non-hydrogen) atoms. The van der Waals surface area contributed by atoms with Gasteiger partial charge in [0.25, 0.3) is 0 Å². The van der Waals surface area contributed by atoms with Gasteiger partial charge >= 0.3 is 36.0 Å². The van der Waals surface area contributed by atoms with E-state index in [4.69, 9.17) is 0 Å². The van der Waals surface area contributed by atoms with Gasteiger partial charge in [0.15, 0.2) is 0 Å². The minimum Gasteiger partial charge on any atom is -0.194 e. The van der Waals surface area contributed by atoms with Gasteiger partial charge in [-0.25, -0.2) is 0 Å². The lowest BCUT2D eigenvalue weighted by molar-refractivity contribution is -0.360. The lowest BCUT2D eigenvalue weighted by Gasteiger charge is -2.32. The molecule has 0 aliphatic heterocycles. The fraction of sp³-hybridized carbons (Fsp3) is 0.333. The van der Waals surface area contributed by atoms with Gasteiger partial charge in [-0.2, -0.15) is 61.5 Å². The van der Waals surface area contributed by atoms with Crippen LogP contribution in [-0.2, 0) is 11.8 Å². The number of hydrogen-bond donors (Lipinski definition) is 0. The number of hydrogen-bond acceptors (Lipinski definition) is 0. The lowest BCUT2D eigenvalue weighted by atomic mass is 9.87. The van der Waals surface area contributed by atoms with Crippen molar-refractivity contribution in [1.29, 1.82) is 0 Å². The quantitative estimate of drug-likeness (QED) is 0.284. The standard InChI is InChI=1S/C18H6Br2F14/c19-7-1-3-9(11(5-7)13(21,22)15(25,26)17(29,30)31)10-4-2-8(20)6-12(10)14(23,24)16(27,28)18(32,33)34/h1-6H. The molecule has 0 nitrogen and oxygen atoms in total. The minimum atomic E-state index is -6.86. The second kappa shape index (κ2) is 8.52. The summed E-state index contributed by atoms with van der Waals surface area (Å²) in [6, 6.07) is 1.89. The fourth-order valence-corrected chi connectivity index (χ4v) is 3.44. The van der Waals surface area contributed by atoms with E-state index in [0.29, 0.717) is 12.1 Å². The van der Waals surface area contributed by atoms with Crippen LogP contribution in [0.5, 0.6) is 0 Å². The summed E-state index contributed by atoms with van der Waals surface area (Å²) >= 11 is 5.04. The Morgan fingerprint density at radius 3 is 0.941 bits per heavy atom. The molecule has 0 bridgehead atoms. The van der Waals surface area contributed by atoms with Crippen molar-refractivity contribution in [2.75, 3.05) is 0 Å². The Hall–Kier alpha value is -1.58. The SMILES string of the molecule is FC(F)(F)C(F)(F)C(F)(F)c1cc(Br)ccc1-c1ccc(Br)cc1C(F)(F)C(F)(F)C(F)(F)F. The van der Waals surface area contributed by atoms with Crippen molar-refractivity contribution < 1.29 is 61.5 Å². The van der Waals surface area contributed by atoms with E-state index < -0.39 is 67.2 Å². The van der Waals surface area contributed by atoms with E-state index in [0.717, 1.165) is 0 Å². The van der Waals surface area contributed by atoms with E-state index in [9.17, 15) is 61.5 Å². The molecule has 0 unspecified atom stereocenters. The van der Waals surface area contributed by atoms with E-state index in [1.54, 1.807) is 0 Å². The maximum Gasteiger partial charge on any atom is 0.460 e. The van der Waals surface area contributed by atoms with Crippen molar-refractivity contribution in [2.45, 2.75) is 36.0 Å². The Balaban J connectivity index is 2.95. The summed E-state index contributed by atoms with van der Waals surface area (Å²) < 4.78 is 187. The molecule has 0 N–H and O–H groups in total. The predicted octanol–water partition coefficient (Wildman–Crippen LogP) is 9.46. The predicted molar refractivity (Wildman–Crippen MR) is 97.1 cm³/mol. The summed E-state index contributed by atoms with van der Waals surface area (Å²) in [5.74, 6) is -25.9. The second-order valence-corrected chi connectivity index (χ2v) is 8.50. The molecule has 2 aromatic rings. The topological polar surface area (TPSA) is 0 Å². The van der Waals surface area contributed by atoms with Crippen molar-refractivity contribution in [2.24, 2.45) is 0 Å². The molecule has 190 valence electrons. The summed E-state index contributed by atoms with van der Waals surface area (Å²) in [7, 11) is 0. The Bertz CT molecular complexity index is 984. The Morgan fingerprint density at radius 2 is 0.706 bits per heavy atom. The highest BCUT2D eigenvalue weighted by atomic mass is 79.9. The monoisotopic (exact) mass is 646 g/mol. The Kier molecular flexibility index (Phi) is 7.18. The highest BCUT2D eigenvalue weighted by Crippen LogP contribution is 2.57. The number of rotatable bonds is 5. The molecular weight excluding hydrogens is 642 g/mol. The van der Waals surface area contributed by atoms with Gasteiger partial charge < -0.3 is 0 Å². The van der Waals surface area contributed by atoms with E-state index >= 15 is 0 Å². The van der Waals surface area contributed by atoms with Crippen LogP contribution in [0.3, 0.4) is 0 Å². The molecule has 0 atom stereocenters. The molecule has 0 radical (unpaired) electrons. The Morgan fingerprint density at radius 1 is 0.441 bits per heavy atom. The van der Waals surface area contributed by atoms with Gasteiger partial charge in [-0.15, -0.1) is 0 Å². The van der Waals surface area contributed by atoms with Gasteiger partial charge in [0.2, 0.25) is 0 Å². The minimum absolute atomic E-state index is 0.0269. The summed E-state index contributed by atoms with van der Waals surface area (Å²) in [6.45, 7) is 0. The van der Waals surface area contributed by atoms with Crippen molar-refractivity contribution in [3.05, 3.63) is 56.5 Å². The maximum atomic E-state index is 14.5. The largest absolute Gasteiger partial charge is 0.460 e. The molecule has 0 fully saturated rings. The number of benzene rings is 2. The molecule has 0 heterocycles. The fourth-order valence-electron chi connectivity index (χ4n) is 2.72. The maximum absolute atomic E-state index is 14.5. The van der Waals surface area contributed by atoms with Gasteiger partial charge in [0.1, 0.15) is 0 Å². The zero-order valence-corrected chi connectivity index (χ0v) is 18.7. The van der Waals surface area contributed by atoms with Crippen LogP contribution in [0.2, 0.25) is 0 Å². The number of alkyl halides is 14. The summed E-state index contributed by atoms with van der Waals surface area (Å²) in [6.07, 6.45) is -13.7. The van der Waals surface area contributed by atoms with Crippen LogP contribution in [0.1, 0.15) is 11.1 Å².